The Kier molecular flexibility index (Phi) is 4.77. The minimum Gasteiger partial charge on any atom is -0.0619 e. The fourth-order valence-electron chi connectivity index (χ4n) is 8.01. The molecule has 2 aliphatic carbocycles. The second kappa shape index (κ2) is 8.17. The van der Waals surface area contributed by atoms with E-state index >= 15 is 0 Å². The van der Waals surface area contributed by atoms with Crippen LogP contribution in [0.15, 0.2) is 103 Å². The van der Waals surface area contributed by atoms with Crippen molar-refractivity contribution in [1.82, 2.24) is 0 Å². The number of fused-ring (bicyclic) bond motifs is 12. The summed E-state index contributed by atoms with van der Waals surface area (Å²) >= 11 is 0. The second-order valence-electron chi connectivity index (χ2n) is 11.2. The molecule has 2 aliphatic rings. The van der Waals surface area contributed by atoms with Crippen LogP contribution in [0.4, 0.5) is 0 Å². The van der Waals surface area contributed by atoms with Gasteiger partial charge in [-0.1, -0.05) is 112 Å². The lowest BCUT2D eigenvalue weighted by atomic mass is 9.70. The molecule has 6 aromatic rings. The van der Waals surface area contributed by atoms with Gasteiger partial charge in [0.05, 0.1) is 5.41 Å². The molecule has 0 unspecified atom stereocenters. The van der Waals surface area contributed by atoms with Gasteiger partial charge in [0, 0.05) is 0 Å². The van der Waals surface area contributed by atoms with Gasteiger partial charge in [0.2, 0.25) is 0 Å². The van der Waals surface area contributed by atoms with Gasteiger partial charge >= 0.3 is 0 Å². The summed E-state index contributed by atoms with van der Waals surface area (Å²) in [7, 11) is 0. The fraction of sp³-hybridized carbons (Fsp3) is 0.179. The summed E-state index contributed by atoms with van der Waals surface area (Å²) in [6.07, 6.45) is 3.08. The molecule has 0 saturated carbocycles. The van der Waals surface area contributed by atoms with Crippen molar-refractivity contribution in [1.29, 1.82) is 0 Å². The van der Waals surface area contributed by atoms with Crippen molar-refractivity contribution in [3.05, 3.63) is 142 Å². The molecule has 0 aromatic heterocycles. The lowest BCUT2D eigenvalue weighted by Gasteiger charge is -2.31. The minimum atomic E-state index is -0.291. The molecule has 0 bridgehead atoms. The molecule has 39 heavy (non-hydrogen) atoms. The van der Waals surface area contributed by atoms with Crippen LogP contribution in [0.2, 0.25) is 0 Å². The van der Waals surface area contributed by atoms with Crippen molar-refractivity contribution >= 4 is 21.5 Å². The predicted molar refractivity (Wildman–Crippen MR) is 166 cm³/mol. The van der Waals surface area contributed by atoms with Gasteiger partial charge in [0.15, 0.2) is 0 Å². The van der Waals surface area contributed by atoms with E-state index < -0.39 is 0 Å². The Morgan fingerprint density at radius 1 is 0.410 bits per heavy atom. The highest BCUT2D eigenvalue weighted by atomic mass is 14.5. The van der Waals surface area contributed by atoms with Crippen molar-refractivity contribution in [2.75, 3.05) is 0 Å². The van der Waals surface area contributed by atoms with Crippen LogP contribution >= 0.6 is 0 Å². The molecule has 0 aliphatic heterocycles. The molecule has 0 heterocycles. The van der Waals surface area contributed by atoms with Gasteiger partial charge in [0.1, 0.15) is 0 Å². The van der Waals surface area contributed by atoms with Crippen LogP contribution in [-0.2, 0) is 24.7 Å². The molecule has 188 valence electrons. The Morgan fingerprint density at radius 2 is 0.923 bits per heavy atom. The summed E-state index contributed by atoms with van der Waals surface area (Å²) in [6.45, 7) is 6.90. The predicted octanol–water partition coefficient (Wildman–Crippen LogP) is 10.0. The van der Waals surface area contributed by atoms with Crippen LogP contribution in [0.25, 0.3) is 43.8 Å². The van der Waals surface area contributed by atoms with Gasteiger partial charge in [-0.3, -0.25) is 0 Å². The molecular weight excluding hydrogens is 468 g/mol. The largest absolute Gasteiger partial charge is 0.0725 e. The highest BCUT2D eigenvalue weighted by molar-refractivity contribution is 6.09. The standard InChI is InChI=1S/C39H32/c1-4-24-19-20-31-34-22-32-25(5-2)27-13-7-8-14-28(27)26(6-3)33(32)23-38(34)39(37(31)21-24)35-17-11-9-15-29(35)30-16-10-12-18-36(30)39/h7-23H,4-6H2,1-3H3. The number of aryl methyl sites for hydroxylation is 3. The van der Waals surface area contributed by atoms with E-state index in [9.17, 15) is 0 Å². The Morgan fingerprint density at radius 3 is 1.51 bits per heavy atom. The van der Waals surface area contributed by atoms with E-state index in [-0.39, 0.29) is 5.41 Å². The molecule has 0 amide bonds. The van der Waals surface area contributed by atoms with Crippen molar-refractivity contribution in [3.8, 4) is 22.3 Å². The van der Waals surface area contributed by atoms with E-state index in [1.54, 1.807) is 0 Å². The van der Waals surface area contributed by atoms with Gasteiger partial charge in [-0.2, -0.15) is 0 Å². The summed E-state index contributed by atoms with van der Waals surface area (Å²) in [6, 6.07) is 39.7. The maximum absolute atomic E-state index is 2.60. The quantitative estimate of drug-likeness (QED) is 0.212. The maximum atomic E-state index is 2.60. The van der Waals surface area contributed by atoms with Crippen LogP contribution in [-0.4, -0.2) is 0 Å². The van der Waals surface area contributed by atoms with Gasteiger partial charge in [-0.25, -0.2) is 0 Å². The van der Waals surface area contributed by atoms with Crippen LogP contribution < -0.4 is 0 Å². The van der Waals surface area contributed by atoms with Crippen LogP contribution in [0.3, 0.4) is 0 Å². The zero-order valence-electron chi connectivity index (χ0n) is 22.9. The highest BCUT2D eigenvalue weighted by Gasteiger charge is 2.51. The molecule has 0 atom stereocenters. The molecule has 0 heteroatoms. The molecular formula is C39H32. The average molecular weight is 501 g/mol. The van der Waals surface area contributed by atoms with Gasteiger partial charge in [0.25, 0.3) is 0 Å². The fourth-order valence-corrected chi connectivity index (χ4v) is 8.01. The second-order valence-corrected chi connectivity index (χ2v) is 11.2. The molecule has 8 rings (SSSR count). The van der Waals surface area contributed by atoms with E-state index in [1.807, 2.05) is 0 Å². The van der Waals surface area contributed by atoms with E-state index in [4.69, 9.17) is 0 Å². The first-order chi connectivity index (χ1) is 19.2. The highest BCUT2D eigenvalue weighted by Crippen LogP contribution is 2.63. The smallest absolute Gasteiger partial charge is 0.0619 e. The average Bonchev–Trinajstić information content (AvgIpc) is 3.45. The summed E-state index contributed by atoms with van der Waals surface area (Å²) in [5.41, 5.74) is 15.3. The summed E-state index contributed by atoms with van der Waals surface area (Å²) in [4.78, 5) is 0. The first-order valence-electron chi connectivity index (χ1n) is 14.6. The first kappa shape index (κ1) is 22.8. The van der Waals surface area contributed by atoms with E-state index in [0.717, 1.165) is 19.3 Å². The lowest BCUT2D eigenvalue weighted by molar-refractivity contribution is 0.792. The number of hydrogen-bond donors (Lipinski definition) is 0. The topological polar surface area (TPSA) is 0 Å². The van der Waals surface area contributed by atoms with Crippen LogP contribution in [0, 0.1) is 0 Å². The third-order valence-electron chi connectivity index (χ3n) is 9.64. The van der Waals surface area contributed by atoms with Crippen LogP contribution in [0.1, 0.15) is 59.7 Å². The molecule has 0 N–H and O–H groups in total. The normalized spacial score (nSPS) is 14.0. The van der Waals surface area contributed by atoms with E-state index in [2.05, 4.69) is 124 Å². The monoisotopic (exact) mass is 500 g/mol. The Bertz CT molecular complexity index is 1920. The third-order valence-corrected chi connectivity index (χ3v) is 9.64. The molecule has 1 spiro atoms. The van der Waals surface area contributed by atoms with Crippen molar-refractivity contribution in [2.24, 2.45) is 0 Å². The van der Waals surface area contributed by atoms with E-state index in [1.165, 1.54) is 82.7 Å². The SMILES string of the molecule is CCc1ccc2c(c1)C1(c3ccccc3-c3ccccc31)c1cc3c(CC)c4ccccc4c(CC)c3cc1-2. The van der Waals surface area contributed by atoms with Gasteiger partial charge in [-0.15, -0.1) is 0 Å². The summed E-state index contributed by atoms with van der Waals surface area (Å²) in [5.74, 6) is 0. The lowest BCUT2D eigenvalue weighted by Crippen LogP contribution is -2.26. The summed E-state index contributed by atoms with van der Waals surface area (Å²) < 4.78 is 0. The Labute approximate surface area is 231 Å². The van der Waals surface area contributed by atoms with Crippen molar-refractivity contribution in [2.45, 2.75) is 45.4 Å². The van der Waals surface area contributed by atoms with Crippen molar-refractivity contribution < 1.29 is 0 Å². The Balaban J connectivity index is 1.61. The van der Waals surface area contributed by atoms with E-state index in [0.29, 0.717) is 0 Å². The molecule has 0 radical (unpaired) electrons. The van der Waals surface area contributed by atoms with Gasteiger partial charge < -0.3 is 0 Å². The maximum Gasteiger partial charge on any atom is 0.0725 e. The molecule has 0 fully saturated rings. The molecule has 6 aromatic carbocycles. The Hall–Kier alpha value is -4.16. The minimum absolute atomic E-state index is 0.291. The van der Waals surface area contributed by atoms with Crippen molar-refractivity contribution in [3.63, 3.8) is 0 Å². The zero-order valence-corrected chi connectivity index (χ0v) is 22.9. The number of benzene rings is 6. The van der Waals surface area contributed by atoms with Crippen LogP contribution in [0.5, 0.6) is 0 Å². The summed E-state index contributed by atoms with van der Waals surface area (Å²) in [5, 5.41) is 5.68. The number of rotatable bonds is 3. The first-order valence-corrected chi connectivity index (χ1v) is 14.6. The zero-order chi connectivity index (χ0) is 26.3. The molecule has 0 nitrogen and oxygen atoms in total. The van der Waals surface area contributed by atoms with Gasteiger partial charge in [-0.05, 0) is 114 Å². The third kappa shape index (κ3) is 2.74. The molecule has 0 saturated heterocycles. The number of hydrogen-bond acceptors (Lipinski definition) is 0.